The third-order valence-corrected chi connectivity index (χ3v) is 6.31. The first-order chi connectivity index (χ1) is 15.1. The van der Waals surface area contributed by atoms with E-state index in [4.69, 9.17) is 9.47 Å². The lowest BCUT2D eigenvalue weighted by Gasteiger charge is -2.58. The van der Waals surface area contributed by atoms with Crippen LogP contribution >= 0.6 is 0 Å². The molecule has 8 nitrogen and oxygen atoms in total. The van der Waals surface area contributed by atoms with Gasteiger partial charge >= 0.3 is 0 Å². The number of fused-ring (bicyclic) bond motifs is 1. The summed E-state index contributed by atoms with van der Waals surface area (Å²) in [5.74, 6) is 5.85. The number of ether oxygens (including phenoxy) is 2. The van der Waals surface area contributed by atoms with E-state index in [0.29, 0.717) is 32.9 Å². The van der Waals surface area contributed by atoms with Gasteiger partial charge in [0.1, 0.15) is 6.61 Å². The van der Waals surface area contributed by atoms with E-state index >= 15 is 0 Å². The molecule has 0 aliphatic carbocycles. The predicted octanol–water partition coefficient (Wildman–Crippen LogP) is -0.486. The highest BCUT2D eigenvalue weighted by Crippen LogP contribution is 2.42. The van der Waals surface area contributed by atoms with Crippen LogP contribution in [0, 0.1) is 11.8 Å². The number of piperazine rings is 1. The number of benzene rings is 1. The summed E-state index contributed by atoms with van der Waals surface area (Å²) >= 11 is 0. The van der Waals surface area contributed by atoms with Gasteiger partial charge in [0, 0.05) is 38.2 Å². The molecule has 4 rings (SSSR count). The summed E-state index contributed by atoms with van der Waals surface area (Å²) in [7, 11) is 1.61. The standard InChI is InChI=1S/C23H29N3O5/c1-30-10-2-3-17-4-6-18(7-5-17)23-19-13-25(15-22(29)26(19)20(23)16-27)21(28)14-24-8-11-31-12-9-24/h4-7,19-20,23,27H,8-16H2,1H3/t19-,20-,23+/m0/s1. The number of aliphatic hydroxyl groups is 1. The fourth-order valence-electron chi connectivity index (χ4n) is 4.74. The number of aliphatic hydroxyl groups excluding tert-OH is 1. The number of rotatable bonds is 5. The largest absolute Gasteiger partial charge is 0.394 e. The Bertz CT molecular complexity index is 856. The first-order valence-corrected chi connectivity index (χ1v) is 10.7. The van der Waals surface area contributed by atoms with E-state index in [2.05, 4.69) is 16.7 Å². The minimum absolute atomic E-state index is 0.00563. The van der Waals surface area contributed by atoms with Gasteiger partial charge in [-0.3, -0.25) is 14.5 Å². The smallest absolute Gasteiger partial charge is 0.242 e. The van der Waals surface area contributed by atoms with Crippen molar-refractivity contribution in [1.82, 2.24) is 14.7 Å². The van der Waals surface area contributed by atoms with Gasteiger partial charge in [-0.25, -0.2) is 0 Å². The Morgan fingerprint density at radius 2 is 2.00 bits per heavy atom. The van der Waals surface area contributed by atoms with E-state index in [0.717, 1.165) is 24.2 Å². The van der Waals surface area contributed by atoms with E-state index in [-0.39, 0.29) is 43.0 Å². The molecule has 3 atom stereocenters. The van der Waals surface area contributed by atoms with Crippen LogP contribution < -0.4 is 0 Å². The van der Waals surface area contributed by atoms with Crippen LogP contribution in [-0.2, 0) is 19.1 Å². The zero-order valence-electron chi connectivity index (χ0n) is 17.8. The van der Waals surface area contributed by atoms with E-state index < -0.39 is 0 Å². The summed E-state index contributed by atoms with van der Waals surface area (Å²) in [6, 6.07) is 7.53. The Kier molecular flexibility index (Phi) is 6.88. The average molecular weight is 428 g/mol. The molecular weight excluding hydrogens is 398 g/mol. The number of amides is 2. The topological polar surface area (TPSA) is 82.6 Å². The van der Waals surface area contributed by atoms with Crippen molar-refractivity contribution >= 4 is 11.8 Å². The molecule has 31 heavy (non-hydrogen) atoms. The van der Waals surface area contributed by atoms with Gasteiger partial charge < -0.3 is 24.4 Å². The van der Waals surface area contributed by atoms with Crippen LogP contribution in [0.4, 0.5) is 0 Å². The van der Waals surface area contributed by atoms with Crippen LogP contribution in [0.2, 0.25) is 0 Å². The molecule has 3 heterocycles. The summed E-state index contributed by atoms with van der Waals surface area (Å²) in [4.78, 5) is 31.1. The molecule has 1 aromatic rings. The number of carbonyl (C=O) groups is 2. The highest BCUT2D eigenvalue weighted by molar-refractivity contribution is 5.88. The van der Waals surface area contributed by atoms with Crippen LogP contribution in [0.3, 0.4) is 0 Å². The molecular formula is C23H29N3O5. The highest BCUT2D eigenvalue weighted by atomic mass is 16.5. The lowest BCUT2D eigenvalue weighted by molar-refractivity contribution is -0.167. The number of carbonyl (C=O) groups excluding carboxylic acids is 2. The van der Waals surface area contributed by atoms with Gasteiger partial charge in [-0.05, 0) is 17.7 Å². The van der Waals surface area contributed by atoms with Crippen molar-refractivity contribution in [1.29, 1.82) is 0 Å². The van der Waals surface area contributed by atoms with Crippen molar-refractivity contribution < 1.29 is 24.2 Å². The summed E-state index contributed by atoms with van der Waals surface area (Å²) in [5, 5.41) is 9.93. The van der Waals surface area contributed by atoms with Gasteiger partial charge in [-0.2, -0.15) is 0 Å². The van der Waals surface area contributed by atoms with Crippen LogP contribution in [0.25, 0.3) is 0 Å². The fourth-order valence-corrected chi connectivity index (χ4v) is 4.74. The fraction of sp³-hybridized carbons (Fsp3) is 0.565. The Labute approximate surface area is 182 Å². The van der Waals surface area contributed by atoms with Crippen molar-refractivity contribution in [3.05, 3.63) is 35.4 Å². The van der Waals surface area contributed by atoms with E-state index in [1.54, 1.807) is 16.9 Å². The Balaban J connectivity index is 1.45. The lowest BCUT2D eigenvalue weighted by atomic mass is 9.73. The number of hydrogen-bond donors (Lipinski definition) is 1. The molecule has 0 radical (unpaired) electrons. The van der Waals surface area contributed by atoms with E-state index in [1.807, 2.05) is 24.3 Å². The molecule has 0 bridgehead atoms. The number of morpholine rings is 1. The molecule has 0 saturated carbocycles. The molecule has 0 spiro atoms. The maximum Gasteiger partial charge on any atom is 0.242 e. The molecule has 3 saturated heterocycles. The second-order valence-electron chi connectivity index (χ2n) is 8.16. The zero-order valence-corrected chi connectivity index (χ0v) is 17.8. The first-order valence-electron chi connectivity index (χ1n) is 10.7. The second-order valence-corrected chi connectivity index (χ2v) is 8.16. The Morgan fingerprint density at radius 1 is 1.26 bits per heavy atom. The monoisotopic (exact) mass is 427 g/mol. The van der Waals surface area contributed by atoms with E-state index in [1.165, 1.54) is 0 Å². The predicted molar refractivity (Wildman–Crippen MR) is 113 cm³/mol. The van der Waals surface area contributed by atoms with Gasteiger partial charge in [0.05, 0.1) is 45.0 Å². The van der Waals surface area contributed by atoms with Gasteiger partial charge in [0.25, 0.3) is 0 Å². The van der Waals surface area contributed by atoms with Crippen LogP contribution in [-0.4, -0.2) is 110 Å². The van der Waals surface area contributed by atoms with Crippen molar-refractivity contribution in [2.75, 3.05) is 66.3 Å². The molecule has 0 aromatic heterocycles. The first kappa shape index (κ1) is 21.8. The molecule has 166 valence electrons. The van der Waals surface area contributed by atoms with Gasteiger partial charge in [0.2, 0.25) is 11.8 Å². The Morgan fingerprint density at radius 3 is 2.68 bits per heavy atom. The van der Waals surface area contributed by atoms with Gasteiger partial charge in [0.15, 0.2) is 0 Å². The molecule has 8 heteroatoms. The third-order valence-electron chi connectivity index (χ3n) is 6.31. The van der Waals surface area contributed by atoms with Crippen molar-refractivity contribution in [2.24, 2.45) is 0 Å². The highest BCUT2D eigenvalue weighted by Gasteiger charge is 2.54. The minimum atomic E-state index is -0.251. The molecule has 0 unspecified atom stereocenters. The second kappa shape index (κ2) is 9.79. The van der Waals surface area contributed by atoms with Crippen molar-refractivity contribution in [3.8, 4) is 11.8 Å². The lowest BCUT2D eigenvalue weighted by Crippen LogP contribution is -2.73. The summed E-state index contributed by atoms with van der Waals surface area (Å²) in [6.45, 7) is 3.91. The van der Waals surface area contributed by atoms with Crippen LogP contribution in [0.15, 0.2) is 24.3 Å². The van der Waals surface area contributed by atoms with Crippen molar-refractivity contribution in [3.63, 3.8) is 0 Å². The molecule has 3 aliphatic rings. The zero-order chi connectivity index (χ0) is 21.8. The van der Waals surface area contributed by atoms with Crippen molar-refractivity contribution in [2.45, 2.75) is 18.0 Å². The molecule has 1 aromatic carbocycles. The normalized spacial score (nSPS) is 26.0. The minimum Gasteiger partial charge on any atom is -0.394 e. The SMILES string of the molecule is COCC#Cc1ccc([C@H]2[C@H](CO)N3C(=O)CN(C(=O)CN4CCOCC4)C[C@@H]23)cc1. The molecule has 3 fully saturated rings. The number of methoxy groups -OCH3 is 1. The van der Waals surface area contributed by atoms with Crippen LogP contribution in [0.5, 0.6) is 0 Å². The van der Waals surface area contributed by atoms with Crippen LogP contribution in [0.1, 0.15) is 17.0 Å². The molecule has 3 aliphatic heterocycles. The summed E-state index contributed by atoms with van der Waals surface area (Å²) in [5.41, 5.74) is 1.94. The quantitative estimate of drug-likeness (QED) is 0.639. The van der Waals surface area contributed by atoms with Gasteiger partial charge in [-0.15, -0.1) is 0 Å². The number of hydrogen-bond acceptors (Lipinski definition) is 6. The average Bonchev–Trinajstić information content (AvgIpc) is 2.77. The molecule has 2 amide bonds. The molecule has 1 N–H and O–H groups in total. The maximum atomic E-state index is 12.9. The summed E-state index contributed by atoms with van der Waals surface area (Å²) < 4.78 is 10.3. The Hall–Kier alpha value is -2.44. The van der Waals surface area contributed by atoms with E-state index in [9.17, 15) is 14.7 Å². The van der Waals surface area contributed by atoms with Gasteiger partial charge in [-0.1, -0.05) is 24.0 Å². The summed E-state index contributed by atoms with van der Waals surface area (Å²) in [6.07, 6.45) is 0. The third kappa shape index (κ3) is 4.60. The maximum absolute atomic E-state index is 12.9. The number of nitrogens with zero attached hydrogens (tertiary/aromatic N) is 3.